The number of aromatic nitrogens is 2. The molecule has 2 atom stereocenters. The van der Waals surface area contributed by atoms with Gasteiger partial charge < -0.3 is 53.0 Å². The number of halogens is 1. The summed E-state index contributed by atoms with van der Waals surface area (Å²) in [6, 6.07) is 0. The molecule has 4 N–H and O–H groups in total. The van der Waals surface area contributed by atoms with Crippen LogP contribution in [0.2, 0.25) is 0 Å². The third-order valence-electron chi connectivity index (χ3n) is 10.6. The average Bonchev–Trinajstić information content (AvgIpc) is 3.26. The van der Waals surface area contributed by atoms with Gasteiger partial charge in [-0.05, 0) is 28.8 Å². The van der Waals surface area contributed by atoms with E-state index < -0.39 is 27.9 Å². The maximum absolute atomic E-state index is 12.3. The van der Waals surface area contributed by atoms with Gasteiger partial charge in [0.2, 0.25) is 17.7 Å². The fourth-order valence-electron chi connectivity index (χ4n) is 6.92. The Kier molecular flexibility index (Phi) is 41.4. The maximum Gasteiger partial charge on any atom is 0.353 e. The SMILES string of the molecule is CCCCCCCCCCCCCCCCOCCOP(=O)(O)COCCOc1nc(N)nc(OCCOCP(=O)(O)OCCOCCCCCCCCCCCCCCCC)c1Br. The van der Waals surface area contributed by atoms with Gasteiger partial charge in [0.15, 0.2) is 0 Å². The van der Waals surface area contributed by atoms with Crippen molar-refractivity contribution in [3.8, 4) is 11.8 Å². The van der Waals surface area contributed by atoms with Crippen molar-refractivity contribution in [3.63, 3.8) is 0 Å². The van der Waals surface area contributed by atoms with Crippen molar-refractivity contribution in [2.75, 3.05) is 84.5 Å². The van der Waals surface area contributed by atoms with Gasteiger partial charge in [-0.25, -0.2) is 0 Å². The van der Waals surface area contributed by atoms with E-state index in [1.165, 1.54) is 154 Å². The number of hydrogen-bond acceptors (Lipinski definition) is 13. The zero-order valence-electron chi connectivity index (χ0n) is 40.0. The first-order valence-electron chi connectivity index (χ1n) is 24.9. The zero-order valence-corrected chi connectivity index (χ0v) is 43.4. The fraction of sp³-hybridized carbons (Fsp3) is 0.913. The minimum Gasteiger partial charge on any atom is -0.474 e. The molecule has 0 spiro atoms. The Morgan fingerprint density at radius 2 is 0.703 bits per heavy atom. The molecule has 0 radical (unpaired) electrons. The topological polar surface area (TPSA) is 200 Å². The Labute approximate surface area is 396 Å². The molecule has 15 nitrogen and oxygen atoms in total. The number of anilines is 1. The highest BCUT2D eigenvalue weighted by Gasteiger charge is 2.21. The number of unbranched alkanes of at least 4 members (excludes halogenated alkanes) is 26. The lowest BCUT2D eigenvalue weighted by Crippen LogP contribution is -2.13. The number of nitrogen functional groups attached to an aromatic ring is 1. The normalized spacial score (nSPS) is 13.6. The second kappa shape index (κ2) is 43.4. The van der Waals surface area contributed by atoms with Crippen LogP contribution in [0.25, 0.3) is 0 Å². The van der Waals surface area contributed by atoms with Crippen LogP contribution >= 0.6 is 31.1 Å². The summed E-state index contributed by atoms with van der Waals surface area (Å²) in [6.07, 6.45) is 35.3. The largest absolute Gasteiger partial charge is 0.474 e. The summed E-state index contributed by atoms with van der Waals surface area (Å²) in [5.74, 6) is 0.0344. The molecule has 378 valence electrons. The molecule has 0 saturated carbocycles. The molecular formula is C46H90BrN3O12P2. The van der Waals surface area contributed by atoms with E-state index >= 15 is 0 Å². The third-order valence-corrected chi connectivity index (χ3v) is 13.4. The van der Waals surface area contributed by atoms with Gasteiger partial charge >= 0.3 is 15.2 Å². The van der Waals surface area contributed by atoms with Crippen LogP contribution in [0.5, 0.6) is 11.8 Å². The predicted octanol–water partition coefficient (Wildman–Crippen LogP) is 12.9. The first-order valence-corrected chi connectivity index (χ1v) is 29.2. The minimum atomic E-state index is -3.96. The van der Waals surface area contributed by atoms with Gasteiger partial charge in [-0.3, -0.25) is 9.13 Å². The van der Waals surface area contributed by atoms with Crippen LogP contribution in [0.15, 0.2) is 4.47 Å². The fourth-order valence-corrected chi connectivity index (χ4v) is 8.92. The first-order chi connectivity index (χ1) is 31.1. The number of nitrogens with two attached hydrogens (primary N) is 1. The van der Waals surface area contributed by atoms with Crippen molar-refractivity contribution in [1.29, 1.82) is 0 Å². The lowest BCUT2D eigenvalue weighted by atomic mass is 10.0. The molecule has 64 heavy (non-hydrogen) atoms. The Balaban J connectivity index is 2.04. The summed E-state index contributed by atoms with van der Waals surface area (Å²) >= 11 is 3.33. The van der Waals surface area contributed by atoms with Gasteiger partial charge in [0.1, 0.15) is 30.4 Å². The Bertz CT molecular complexity index is 1220. The molecule has 0 aliphatic carbocycles. The summed E-state index contributed by atoms with van der Waals surface area (Å²) in [4.78, 5) is 28.3. The molecule has 0 aromatic carbocycles. The van der Waals surface area contributed by atoms with Crippen molar-refractivity contribution in [3.05, 3.63) is 4.47 Å². The second-order valence-electron chi connectivity index (χ2n) is 16.6. The smallest absolute Gasteiger partial charge is 0.353 e. The van der Waals surface area contributed by atoms with Crippen LogP contribution in [0.1, 0.15) is 194 Å². The van der Waals surface area contributed by atoms with Crippen molar-refractivity contribution in [2.24, 2.45) is 0 Å². The number of hydrogen-bond donors (Lipinski definition) is 3. The molecule has 0 amide bonds. The molecule has 0 bridgehead atoms. The van der Waals surface area contributed by atoms with E-state index in [0.29, 0.717) is 13.2 Å². The summed E-state index contributed by atoms with van der Waals surface area (Å²) in [6.45, 7) is 6.09. The van der Waals surface area contributed by atoms with E-state index in [-0.39, 0.29) is 75.0 Å². The van der Waals surface area contributed by atoms with Crippen LogP contribution in [0.4, 0.5) is 5.95 Å². The number of rotatable bonds is 50. The highest BCUT2D eigenvalue weighted by Crippen LogP contribution is 2.42. The summed E-state index contributed by atoms with van der Waals surface area (Å²) in [5, 5.41) is 0. The summed E-state index contributed by atoms with van der Waals surface area (Å²) in [7, 11) is -7.92. The van der Waals surface area contributed by atoms with Crippen LogP contribution in [-0.4, -0.2) is 98.5 Å². The van der Waals surface area contributed by atoms with Crippen LogP contribution in [0.3, 0.4) is 0 Å². The number of nitrogens with zero attached hydrogens (tertiary/aromatic N) is 2. The Hall–Kier alpha value is -0.900. The quantitative estimate of drug-likeness (QED) is 0.0411. The van der Waals surface area contributed by atoms with E-state index in [4.69, 9.17) is 43.2 Å². The van der Waals surface area contributed by atoms with E-state index in [0.717, 1.165) is 25.7 Å². The molecular weight excluding hydrogens is 928 g/mol. The highest BCUT2D eigenvalue weighted by atomic mass is 79.9. The Morgan fingerprint density at radius 3 is 1.02 bits per heavy atom. The van der Waals surface area contributed by atoms with Crippen molar-refractivity contribution >= 4 is 37.1 Å². The molecule has 0 fully saturated rings. The monoisotopic (exact) mass is 1020 g/mol. The molecule has 2 unspecified atom stereocenters. The van der Waals surface area contributed by atoms with Gasteiger partial charge in [-0.15, -0.1) is 0 Å². The maximum atomic E-state index is 12.3. The van der Waals surface area contributed by atoms with Crippen molar-refractivity contribution in [1.82, 2.24) is 9.97 Å². The molecule has 1 aromatic rings. The lowest BCUT2D eigenvalue weighted by molar-refractivity contribution is 0.0795. The van der Waals surface area contributed by atoms with Crippen LogP contribution in [0, 0.1) is 0 Å². The van der Waals surface area contributed by atoms with Gasteiger partial charge in [0.05, 0.1) is 39.6 Å². The minimum absolute atomic E-state index is 0.00460. The highest BCUT2D eigenvalue weighted by molar-refractivity contribution is 9.10. The van der Waals surface area contributed by atoms with Gasteiger partial charge in [0.25, 0.3) is 0 Å². The second-order valence-corrected chi connectivity index (χ2v) is 21.0. The van der Waals surface area contributed by atoms with E-state index in [9.17, 15) is 18.9 Å². The van der Waals surface area contributed by atoms with E-state index in [1.807, 2.05) is 0 Å². The van der Waals surface area contributed by atoms with Crippen LogP contribution in [-0.2, 0) is 37.1 Å². The van der Waals surface area contributed by atoms with Gasteiger partial charge in [-0.2, -0.15) is 9.97 Å². The van der Waals surface area contributed by atoms with Crippen LogP contribution < -0.4 is 15.2 Å². The molecule has 0 aliphatic heterocycles. The average molecular weight is 1020 g/mol. The summed E-state index contributed by atoms with van der Waals surface area (Å²) in [5.41, 5.74) is 5.82. The molecule has 0 aliphatic rings. The molecule has 1 aromatic heterocycles. The van der Waals surface area contributed by atoms with Gasteiger partial charge in [0, 0.05) is 13.2 Å². The van der Waals surface area contributed by atoms with Crippen molar-refractivity contribution in [2.45, 2.75) is 194 Å². The molecule has 18 heteroatoms. The molecule has 1 heterocycles. The molecule has 1 rings (SSSR count). The molecule has 0 saturated heterocycles. The van der Waals surface area contributed by atoms with E-state index in [2.05, 4.69) is 39.7 Å². The number of ether oxygens (including phenoxy) is 6. The first kappa shape index (κ1) is 61.1. The van der Waals surface area contributed by atoms with Gasteiger partial charge in [-0.1, -0.05) is 181 Å². The van der Waals surface area contributed by atoms with E-state index in [1.54, 1.807) is 0 Å². The lowest BCUT2D eigenvalue weighted by Gasteiger charge is -2.14. The summed E-state index contributed by atoms with van der Waals surface area (Å²) < 4.78 is 68.1. The predicted molar refractivity (Wildman–Crippen MR) is 261 cm³/mol. The zero-order chi connectivity index (χ0) is 46.7. The standard InChI is InChI=1S/C46H90BrN3O12P2/c1-3-5-7-9-11-13-15-17-19-21-23-25-27-29-31-55-35-39-61-63(51,52)41-57-33-37-59-44-43(47)45(50-46(48)49-44)60-38-34-58-42-64(53,54)62-40-36-56-32-30-28-26-24-22-20-18-16-14-12-10-8-6-4-2/h3-42H2,1-2H3,(H,51,52)(H,53,54)(H2,48,49,50). The Morgan fingerprint density at radius 1 is 0.422 bits per heavy atom. The third kappa shape index (κ3) is 39.1. The van der Waals surface area contributed by atoms with Crippen molar-refractivity contribution < 1.29 is 56.4 Å².